The molecule has 0 aromatic rings. The molecule has 0 aliphatic rings. The summed E-state index contributed by atoms with van der Waals surface area (Å²) >= 11 is 0. The average Bonchev–Trinajstić information content (AvgIpc) is 1.67. The predicted octanol–water partition coefficient (Wildman–Crippen LogP) is -0.284. The first-order valence-corrected chi connectivity index (χ1v) is 4.12. The number of rotatable bonds is 3. The van der Waals surface area contributed by atoms with E-state index in [1.54, 1.807) is 0 Å². The molecular weight excluding hydrogens is 131 g/mol. The summed E-state index contributed by atoms with van der Waals surface area (Å²) in [4.78, 5) is 17.3. The maximum atomic E-state index is 8.67. The number of hydrogen-bond donors (Lipinski definition) is 2. The molecular formula is C3H11O4P. The maximum absolute atomic E-state index is 8.67. The van der Waals surface area contributed by atoms with Crippen molar-refractivity contribution in [3.8, 4) is 0 Å². The zero-order valence-electron chi connectivity index (χ0n) is 4.92. The molecule has 0 aliphatic heterocycles. The van der Waals surface area contributed by atoms with E-state index in [1.807, 2.05) is 0 Å². The van der Waals surface area contributed by atoms with Crippen LogP contribution in [0.2, 0.25) is 0 Å². The van der Waals surface area contributed by atoms with Gasteiger partial charge in [-0.3, -0.25) is 0 Å². The van der Waals surface area contributed by atoms with Crippen LogP contribution in [0.3, 0.4) is 0 Å². The first-order chi connectivity index (χ1) is 3.62. The molecule has 0 atom stereocenters. The van der Waals surface area contributed by atoms with E-state index in [-0.39, 0.29) is 6.35 Å². The van der Waals surface area contributed by atoms with Crippen LogP contribution in [0.5, 0.6) is 0 Å². The van der Waals surface area contributed by atoms with E-state index in [1.165, 1.54) is 14.2 Å². The van der Waals surface area contributed by atoms with Crippen molar-refractivity contribution >= 4 is 7.94 Å². The van der Waals surface area contributed by atoms with E-state index >= 15 is 0 Å². The molecule has 8 heavy (non-hydrogen) atoms. The van der Waals surface area contributed by atoms with Gasteiger partial charge in [0.2, 0.25) is 0 Å². The molecule has 0 bridgehead atoms. The molecule has 4 nitrogen and oxygen atoms in total. The van der Waals surface area contributed by atoms with Gasteiger partial charge in [-0.1, -0.05) is 0 Å². The van der Waals surface area contributed by atoms with Gasteiger partial charge in [0.25, 0.3) is 0 Å². The summed E-state index contributed by atoms with van der Waals surface area (Å²) < 4.78 is 8.74. The van der Waals surface area contributed by atoms with Crippen LogP contribution in [0.15, 0.2) is 0 Å². The Bertz CT molecular complexity index is 64.3. The Labute approximate surface area is 48.6 Å². The van der Waals surface area contributed by atoms with E-state index in [0.717, 1.165) is 0 Å². The van der Waals surface area contributed by atoms with Crippen LogP contribution in [-0.2, 0) is 9.26 Å². The van der Waals surface area contributed by atoms with Crippen molar-refractivity contribution in [2.75, 3.05) is 20.6 Å². The summed E-state index contributed by atoms with van der Waals surface area (Å²) in [5.41, 5.74) is 0. The van der Waals surface area contributed by atoms with Crippen LogP contribution in [0, 0.1) is 0 Å². The van der Waals surface area contributed by atoms with Crippen LogP contribution in [0.25, 0.3) is 0 Å². The van der Waals surface area contributed by atoms with Gasteiger partial charge in [-0.25, -0.2) is 0 Å². The standard InChI is InChI=1S/C3H11O4P/c1-6-3-8(4,5)7-2/h4-5,8H,3H2,1-2H3. The van der Waals surface area contributed by atoms with Crippen LogP contribution < -0.4 is 0 Å². The molecule has 2 N–H and O–H groups in total. The van der Waals surface area contributed by atoms with E-state index in [4.69, 9.17) is 9.79 Å². The molecule has 0 aromatic carbocycles. The molecule has 5 heteroatoms. The second kappa shape index (κ2) is 3.33. The molecule has 0 heterocycles. The SMILES string of the molecule is COC[PH](O)(O)OC. The van der Waals surface area contributed by atoms with Gasteiger partial charge in [-0.15, -0.1) is 0 Å². The molecule has 0 aromatic heterocycles. The van der Waals surface area contributed by atoms with Crippen molar-refractivity contribution in [1.82, 2.24) is 0 Å². The molecule has 0 radical (unpaired) electrons. The summed E-state index contributed by atoms with van der Waals surface area (Å²) in [7, 11) is -0.776. The summed E-state index contributed by atoms with van der Waals surface area (Å²) in [5, 5.41) is 0. The Morgan fingerprint density at radius 1 is 1.38 bits per heavy atom. The molecule has 0 saturated heterocycles. The Morgan fingerprint density at radius 2 is 1.88 bits per heavy atom. The molecule has 0 rings (SSSR count). The Morgan fingerprint density at radius 3 is 2.00 bits per heavy atom. The van der Waals surface area contributed by atoms with Gasteiger partial charge < -0.3 is 0 Å². The van der Waals surface area contributed by atoms with Crippen molar-refractivity contribution in [2.45, 2.75) is 0 Å². The zero-order chi connectivity index (χ0) is 6.62. The monoisotopic (exact) mass is 142 g/mol. The molecule has 0 saturated carbocycles. The van der Waals surface area contributed by atoms with E-state index in [0.29, 0.717) is 0 Å². The zero-order valence-corrected chi connectivity index (χ0v) is 5.92. The molecule has 0 spiro atoms. The van der Waals surface area contributed by atoms with Crippen molar-refractivity contribution in [3.63, 3.8) is 0 Å². The number of ether oxygens (including phenoxy) is 1. The minimum atomic E-state index is -3.40. The van der Waals surface area contributed by atoms with Crippen molar-refractivity contribution in [3.05, 3.63) is 0 Å². The summed E-state index contributed by atoms with van der Waals surface area (Å²) in [5.74, 6) is 0. The number of methoxy groups -OCH3 is 1. The van der Waals surface area contributed by atoms with E-state index in [2.05, 4.69) is 9.26 Å². The fourth-order valence-electron chi connectivity index (χ4n) is 0.247. The second-order valence-electron chi connectivity index (χ2n) is 1.38. The van der Waals surface area contributed by atoms with Crippen molar-refractivity contribution in [1.29, 1.82) is 0 Å². The molecule has 0 amide bonds. The van der Waals surface area contributed by atoms with Crippen LogP contribution in [0.1, 0.15) is 0 Å². The quantitative estimate of drug-likeness (QED) is 0.532. The second-order valence-corrected chi connectivity index (χ2v) is 3.56. The predicted molar refractivity (Wildman–Crippen MR) is 31.6 cm³/mol. The molecule has 0 aliphatic carbocycles. The van der Waals surface area contributed by atoms with Crippen molar-refractivity contribution in [2.24, 2.45) is 0 Å². The minimum absolute atomic E-state index is 0.108. The van der Waals surface area contributed by atoms with Gasteiger partial charge in [0, 0.05) is 0 Å². The van der Waals surface area contributed by atoms with Gasteiger partial charge in [0.05, 0.1) is 0 Å². The Kier molecular flexibility index (Phi) is 3.44. The summed E-state index contributed by atoms with van der Waals surface area (Å²) in [6, 6.07) is 0. The van der Waals surface area contributed by atoms with Gasteiger partial charge in [-0.2, -0.15) is 0 Å². The van der Waals surface area contributed by atoms with Gasteiger partial charge in [-0.05, 0) is 0 Å². The van der Waals surface area contributed by atoms with Crippen LogP contribution >= 0.6 is 7.94 Å². The fraction of sp³-hybridized carbons (Fsp3) is 1.00. The van der Waals surface area contributed by atoms with E-state index < -0.39 is 7.94 Å². The molecule has 52 valence electrons. The van der Waals surface area contributed by atoms with Gasteiger partial charge in [0.1, 0.15) is 0 Å². The topological polar surface area (TPSA) is 58.9 Å². The summed E-state index contributed by atoms with van der Waals surface area (Å²) in [6.45, 7) is 0. The Hall–Kier alpha value is 0.270. The first kappa shape index (κ1) is 8.27. The van der Waals surface area contributed by atoms with Gasteiger partial charge >= 0.3 is 47.6 Å². The Balaban J connectivity index is 3.37. The average molecular weight is 142 g/mol. The van der Waals surface area contributed by atoms with Crippen molar-refractivity contribution < 1.29 is 19.0 Å². The van der Waals surface area contributed by atoms with Crippen LogP contribution in [-0.4, -0.2) is 30.4 Å². The van der Waals surface area contributed by atoms with Crippen LogP contribution in [0.4, 0.5) is 0 Å². The normalized spacial score (nSPS) is 14.0. The van der Waals surface area contributed by atoms with E-state index in [9.17, 15) is 0 Å². The third-order valence-corrected chi connectivity index (χ3v) is 1.98. The number of hydrogen-bond acceptors (Lipinski definition) is 4. The molecule has 0 unspecified atom stereocenters. The fourth-order valence-corrected chi connectivity index (χ4v) is 0.741. The first-order valence-electron chi connectivity index (χ1n) is 2.11. The summed E-state index contributed by atoms with van der Waals surface area (Å²) in [6.07, 6.45) is -0.108. The third-order valence-electron chi connectivity index (χ3n) is 0.659. The third kappa shape index (κ3) is 3.29. The molecule has 0 fully saturated rings. The van der Waals surface area contributed by atoms with Gasteiger partial charge in [0.15, 0.2) is 0 Å².